The molecule has 0 atom stereocenters. The molecule has 30 heavy (non-hydrogen) atoms. The van der Waals surface area contributed by atoms with E-state index in [4.69, 9.17) is 9.26 Å². The van der Waals surface area contributed by atoms with E-state index < -0.39 is 5.97 Å². The van der Waals surface area contributed by atoms with Crippen molar-refractivity contribution in [1.82, 2.24) is 20.1 Å². The lowest BCUT2D eigenvalue weighted by atomic mass is 10.1. The Morgan fingerprint density at radius 3 is 2.80 bits per heavy atom. The molecule has 1 aliphatic carbocycles. The first-order chi connectivity index (χ1) is 14.6. The number of rotatable bonds is 5. The van der Waals surface area contributed by atoms with Gasteiger partial charge >= 0.3 is 5.97 Å². The molecule has 4 aromatic rings. The number of ether oxygens (including phenoxy) is 1. The Morgan fingerprint density at radius 2 is 2.00 bits per heavy atom. The van der Waals surface area contributed by atoms with Crippen molar-refractivity contribution in [3.8, 4) is 11.5 Å². The van der Waals surface area contributed by atoms with E-state index in [1.807, 2.05) is 31.2 Å². The maximum Gasteiger partial charge on any atom is 0.339 e. The SMILES string of the molecule is COC(=O)c1ccccc1Nc1c(-c2nc(C3CC3)no2)cnc2nc(C)ccc12. The number of hydrogen-bond acceptors (Lipinski definition) is 8. The Bertz CT molecular complexity index is 1260. The molecule has 1 saturated carbocycles. The summed E-state index contributed by atoms with van der Waals surface area (Å²) in [6.07, 6.45) is 3.83. The zero-order valence-electron chi connectivity index (χ0n) is 16.5. The first-order valence-corrected chi connectivity index (χ1v) is 9.68. The van der Waals surface area contributed by atoms with Crippen LogP contribution in [-0.2, 0) is 4.74 Å². The van der Waals surface area contributed by atoms with Crippen LogP contribution >= 0.6 is 0 Å². The minimum Gasteiger partial charge on any atom is -0.465 e. The van der Waals surface area contributed by atoms with Crippen LogP contribution in [0.3, 0.4) is 0 Å². The molecule has 0 unspecified atom stereocenters. The molecule has 0 spiro atoms. The molecule has 0 amide bonds. The molecule has 150 valence electrons. The van der Waals surface area contributed by atoms with Gasteiger partial charge in [0.05, 0.1) is 29.6 Å². The van der Waals surface area contributed by atoms with Crippen LogP contribution in [-0.4, -0.2) is 33.2 Å². The van der Waals surface area contributed by atoms with Crippen molar-refractivity contribution in [3.63, 3.8) is 0 Å². The molecule has 3 heterocycles. The summed E-state index contributed by atoms with van der Waals surface area (Å²) in [4.78, 5) is 25.8. The molecule has 0 aliphatic heterocycles. The highest BCUT2D eigenvalue weighted by Crippen LogP contribution is 2.40. The predicted octanol–water partition coefficient (Wildman–Crippen LogP) is 4.40. The minimum absolute atomic E-state index is 0.372. The third-order valence-corrected chi connectivity index (χ3v) is 5.08. The Labute approximate surface area is 172 Å². The van der Waals surface area contributed by atoms with E-state index in [1.165, 1.54) is 7.11 Å². The zero-order valence-corrected chi connectivity index (χ0v) is 16.5. The van der Waals surface area contributed by atoms with Crippen molar-refractivity contribution >= 4 is 28.4 Å². The molecule has 1 N–H and O–H groups in total. The van der Waals surface area contributed by atoms with Crippen LogP contribution in [0.25, 0.3) is 22.5 Å². The van der Waals surface area contributed by atoms with Crippen molar-refractivity contribution < 1.29 is 14.1 Å². The second-order valence-corrected chi connectivity index (χ2v) is 7.26. The highest BCUT2D eigenvalue weighted by Gasteiger charge is 2.29. The van der Waals surface area contributed by atoms with Crippen molar-refractivity contribution in [1.29, 1.82) is 0 Å². The monoisotopic (exact) mass is 401 g/mol. The second-order valence-electron chi connectivity index (χ2n) is 7.26. The van der Waals surface area contributed by atoms with Crippen LogP contribution in [0.15, 0.2) is 47.1 Å². The average molecular weight is 401 g/mol. The molecule has 0 radical (unpaired) electrons. The van der Waals surface area contributed by atoms with Gasteiger partial charge in [-0.1, -0.05) is 17.3 Å². The summed E-state index contributed by atoms with van der Waals surface area (Å²) >= 11 is 0. The van der Waals surface area contributed by atoms with Gasteiger partial charge < -0.3 is 14.6 Å². The summed E-state index contributed by atoms with van der Waals surface area (Å²) < 4.78 is 10.5. The molecule has 8 heteroatoms. The highest BCUT2D eigenvalue weighted by atomic mass is 16.5. The van der Waals surface area contributed by atoms with Gasteiger partial charge in [-0.15, -0.1) is 0 Å². The van der Waals surface area contributed by atoms with Gasteiger partial charge in [0.15, 0.2) is 11.5 Å². The predicted molar refractivity (Wildman–Crippen MR) is 111 cm³/mol. The molecule has 1 aromatic carbocycles. The van der Waals surface area contributed by atoms with Crippen LogP contribution in [0.2, 0.25) is 0 Å². The normalized spacial score (nSPS) is 13.4. The fourth-order valence-corrected chi connectivity index (χ4v) is 3.34. The molecular formula is C22H19N5O3. The van der Waals surface area contributed by atoms with Crippen LogP contribution in [0.5, 0.6) is 0 Å². The Kier molecular flexibility index (Phi) is 4.39. The van der Waals surface area contributed by atoms with Gasteiger partial charge in [0.1, 0.15) is 0 Å². The van der Waals surface area contributed by atoms with E-state index in [-0.39, 0.29) is 0 Å². The number of hydrogen-bond donors (Lipinski definition) is 1. The lowest BCUT2D eigenvalue weighted by Crippen LogP contribution is -2.06. The second kappa shape index (κ2) is 7.22. The number of pyridine rings is 2. The number of aromatic nitrogens is 4. The standard InChI is InChI=1S/C22H19N5O3/c1-12-7-10-15-18(25-17-6-4-3-5-14(17)22(28)29-2)16(11-23-20(15)24-12)21-26-19(27-30-21)13-8-9-13/h3-7,10-11,13H,8-9H2,1-2H3,(H,23,24,25). The number of fused-ring (bicyclic) bond motifs is 1. The van der Waals surface area contributed by atoms with E-state index in [1.54, 1.807) is 18.3 Å². The Balaban J connectivity index is 1.67. The van der Waals surface area contributed by atoms with Gasteiger partial charge in [0.2, 0.25) is 0 Å². The van der Waals surface area contributed by atoms with Gasteiger partial charge in [-0.25, -0.2) is 14.8 Å². The third-order valence-electron chi connectivity index (χ3n) is 5.08. The minimum atomic E-state index is -0.430. The zero-order chi connectivity index (χ0) is 20.7. The third kappa shape index (κ3) is 3.26. The molecule has 0 bridgehead atoms. The summed E-state index contributed by atoms with van der Waals surface area (Å²) in [5, 5.41) is 8.27. The topological polar surface area (TPSA) is 103 Å². The lowest BCUT2D eigenvalue weighted by Gasteiger charge is -2.15. The first-order valence-electron chi connectivity index (χ1n) is 9.68. The summed E-state index contributed by atoms with van der Waals surface area (Å²) in [6.45, 7) is 1.91. The van der Waals surface area contributed by atoms with Gasteiger partial charge in [0.25, 0.3) is 5.89 Å². The number of nitrogens with one attached hydrogen (secondary N) is 1. The van der Waals surface area contributed by atoms with E-state index >= 15 is 0 Å². The van der Waals surface area contributed by atoms with E-state index in [2.05, 4.69) is 25.4 Å². The fourth-order valence-electron chi connectivity index (χ4n) is 3.34. The van der Waals surface area contributed by atoms with Gasteiger partial charge in [-0.05, 0) is 44.0 Å². The Morgan fingerprint density at radius 1 is 1.17 bits per heavy atom. The molecule has 5 rings (SSSR count). The number of carbonyl (C=O) groups excluding carboxylic acids is 1. The van der Waals surface area contributed by atoms with Gasteiger partial charge in [0, 0.05) is 23.2 Å². The van der Waals surface area contributed by atoms with Crippen LogP contribution < -0.4 is 5.32 Å². The Hall–Kier alpha value is -3.81. The van der Waals surface area contributed by atoms with Crippen LogP contribution in [0.1, 0.15) is 40.6 Å². The van der Waals surface area contributed by atoms with Gasteiger partial charge in [-0.3, -0.25) is 0 Å². The van der Waals surface area contributed by atoms with Crippen LogP contribution in [0.4, 0.5) is 11.4 Å². The number of anilines is 2. The highest BCUT2D eigenvalue weighted by molar-refractivity contribution is 6.02. The average Bonchev–Trinajstić information content (AvgIpc) is 3.50. The summed E-state index contributed by atoms with van der Waals surface area (Å²) in [5.41, 5.74) is 3.79. The molecule has 0 saturated heterocycles. The number of esters is 1. The van der Waals surface area contributed by atoms with Gasteiger partial charge in [-0.2, -0.15) is 4.98 Å². The van der Waals surface area contributed by atoms with E-state index in [0.717, 1.165) is 23.9 Å². The number of benzene rings is 1. The van der Waals surface area contributed by atoms with Crippen molar-refractivity contribution in [2.24, 2.45) is 0 Å². The number of carbonyl (C=O) groups is 1. The summed E-state index contributed by atoms with van der Waals surface area (Å²) in [6, 6.07) is 11.0. The molecule has 1 fully saturated rings. The fraction of sp³-hybridized carbons (Fsp3) is 0.227. The molecule has 1 aliphatic rings. The lowest BCUT2D eigenvalue weighted by molar-refractivity contribution is 0.0602. The van der Waals surface area contributed by atoms with Crippen LogP contribution in [0, 0.1) is 6.92 Å². The maximum absolute atomic E-state index is 12.2. The van der Waals surface area contributed by atoms with E-state index in [0.29, 0.717) is 45.8 Å². The van der Waals surface area contributed by atoms with Crippen molar-refractivity contribution in [2.45, 2.75) is 25.7 Å². The smallest absolute Gasteiger partial charge is 0.339 e. The number of para-hydroxylation sites is 1. The summed E-state index contributed by atoms with van der Waals surface area (Å²) in [7, 11) is 1.36. The molecular weight excluding hydrogens is 382 g/mol. The molecule has 3 aromatic heterocycles. The molecule has 8 nitrogen and oxygen atoms in total. The van der Waals surface area contributed by atoms with Crippen molar-refractivity contribution in [3.05, 3.63) is 59.7 Å². The largest absolute Gasteiger partial charge is 0.465 e. The quantitative estimate of drug-likeness (QED) is 0.491. The van der Waals surface area contributed by atoms with Crippen molar-refractivity contribution in [2.75, 3.05) is 12.4 Å². The maximum atomic E-state index is 12.2. The summed E-state index contributed by atoms with van der Waals surface area (Å²) in [5.74, 6) is 1.04. The first kappa shape index (κ1) is 18.2. The van der Waals surface area contributed by atoms with E-state index in [9.17, 15) is 4.79 Å². The number of methoxy groups -OCH3 is 1. The number of nitrogens with zero attached hydrogens (tertiary/aromatic N) is 4. The number of aryl methyl sites for hydroxylation is 1.